The van der Waals surface area contributed by atoms with Gasteiger partial charge in [-0.15, -0.1) is 0 Å². The molecule has 2 aromatic rings. The highest BCUT2D eigenvalue weighted by Crippen LogP contribution is 2.43. The molecule has 2 nitrogen and oxygen atoms in total. The molecule has 0 radical (unpaired) electrons. The number of aryl methyl sites for hydroxylation is 1. The Morgan fingerprint density at radius 3 is 2.71 bits per heavy atom. The largest absolute Gasteiger partial charge is 0.256 e. The highest BCUT2D eigenvalue weighted by atomic mass is 14.9. The average Bonchev–Trinajstić information content (AvgIpc) is 2.70. The molecule has 2 heterocycles. The van der Waals surface area contributed by atoms with Crippen LogP contribution in [0.5, 0.6) is 0 Å². The first-order valence-electron chi connectivity index (χ1n) is 8.07. The molecule has 0 fully saturated rings. The van der Waals surface area contributed by atoms with E-state index in [2.05, 4.69) is 62.7 Å². The van der Waals surface area contributed by atoms with E-state index >= 15 is 0 Å². The molecule has 2 heteroatoms. The van der Waals surface area contributed by atoms with Crippen LogP contribution in [0.4, 0.5) is 5.69 Å². The van der Waals surface area contributed by atoms with Crippen molar-refractivity contribution in [2.75, 3.05) is 0 Å². The number of pyridine rings is 1. The zero-order valence-electron chi connectivity index (χ0n) is 13.6. The second-order valence-corrected chi connectivity index (χ2v) is 6.63. The van der Waals surface area contributed by atoms with Gasteiger partial charge in [-0.25, -0.2) is 0 Å². The molecule has 0 aliphatic carbocycles. The fourth-order valence-electron chi connectivity index (χ4n) is 3.19. The lowest BCUT2D eigenvalue weighted by Crippen LogP contribution is -2.34. The quantitative estimate of drug-likeness (QED) is 0.570. The Hall–Kier alpha value is -1.70. The van der Waals surface area contributed by atoms with Gasteiger partial charge in [-0.2, -0.15) is 4.57 Å². The molecule has 110 valence electrons. The molecule has 3 rings (SSSR count). The number of benzene rings is 1. The summed E-state index contributed by atoms with van der Waals surface area (Å²) in [6.07, 6.45) is 5.99. The first-order chi connectivity index (χ1) is 10.1. The van der Waals surface area contributed by atoms with E-state index < -0.39 is 0 Å². The van der Waals surface area contributed by atoms with Crippen molar-refractivity contribution in [1.29, 1.82) is 0 Å². The number of rotatable bonds is 4. The minimum atomic E-state index is 0.0619. The molecule has 0 bridgehead atoms. The van der Waals surface area contributed by atoms with E-state index in [1.165, 1.54) is 47.1 Å². The smallest absolute Gasteiger partial charge is 0.214 e. The van der Waals surface area contributed by atoms with Crippen LogP contribution in [0.25, 0.3) is 10.9 Å². The fourth-order valence-corrected chi connectivity index (χ4v) is 3.19. The molecule has 1 aromatic carbocycles. The predicted octanol–water partition coefficient (Wildman–Crippen LogP) is 4.70. The Morgan fingerprint density at radius 2 is 1.95 bits per heavy atom. The molecule has 0 spiro atoms. The summed E-state index contributed by atoms with van der Waals surface area (Å²) in [5, 5.41) is 1.29. The highest BCUT2D eigenvalue weighted by molar-refractivity contribution is 6.05. The zero-order valence-corrected chi connectivity index (χ0v) is 13.6. The van der Waals surface area contributed by atoms with Crippen LogP contribution in [0.15, 0.2) is 35.5 Å². The lowest BCUT2D eigenvalue weighted by atomic mass is 9.82. The van der Waals surface area contributed by atoms with Crippen LogP contribution < -0.4 is 4.57 Å². The number of fused-ring (bicyclic) bond motifs is 3. The zero-order chi connectivity index (χ0) is 15.0. The van der Waals surface area contributed by atoms with Crippen molar-refractivity contribution >= 4 is 22.3 Å². The Labute approximate surface area is 127 Å². The van der Waals surface area contributed by atoms with Gasteiger partial charge in [0.15, 0.2) is 6.20 Å². The van der Waals surface area contributed by atoms with Crippen LogP contribution in [0.2, 0.25) is 0 Å². The summed E-state index contributed by atoms with van der Waals surface area (Å²) in [6.45, 7) is 10.0. The first-order valence-corrected chi connectivity index (χ1v) is 8.07. The molecule has 0 saturated heterocycles. The van der Waals surface area contributed by atoms with Gasteiger partial charge in [0.25, 0.3) is 0 Å². The van der Waals surface area contributed by atoms with Gasteiger partial charge >= 0.3 is 0 Å². The lowest BCUT2D eigenvalue weighted by molar-refractivity contribution is -0.671. The van der Waals surface area contributed by atoms with Gasteiger partial charge in [0.05, 0.1) is 11.1 Å². The Bertz CT molecular complexity index is 711. The van der Waals surface area contributed by atoms with Gasteiger partial charge in [0.1, 0.15) is 6.54 Å². The summed E-state index contributed by atoms with van der Waals surface area (Å²) >= 11 is 0. The maximum Gasteiger partial charge on any atom is 0.214 e. The summed E-state index contributed by atoms with van der Waals surface area (Å²) in [5.74, 6) is 0. The van der Waals surface area contributed by atoms with Crippen molar-refractivity contribution < 1.29 is 4.57 Å². The van der Waals surface area contributed by atoms with Gasteiger partial charge in [0.2, 0.25) is 5.52 Å². The summed E-state index contributed by atoms with van der Waals surface area (Å²) in [7, 11) is 0. The summed E-state index contributed by atoms with van der Waals surface area (Å²) < 4.78 is 2.38. The van der Waals surface area contributed by atoms with E-state index in [9.17, 15) is 0 Å². The Balaban J connectivity index is 2.11. The van der Waals surface area contributed by atoms with Gasteiger partial charge in [0, 0.05) is 29.7 Å². The third-order valence-corrected chi connectivity index (χ3v) is 4.89. The second kappa shape index (κ2) is 5.25. The van der Waals surface area contributed by atoms with Crippen LogP contribution in [-0.2, 0) is 12.0 Å². The average molecular weight is 281 g/mol. The molecular weight excluding hydrogens is 256 g/mol. The molecule has 1 aliphatic heterocycles. The molecule has 0 atom stereocenters. The van der Waals surface area contributed by atoms with E-state index in [0.29, 0.717) is 0 Å². The maximum atomic E-state index is 4.87. The molecule has 0 N–H and O–H groups in total. The van der Waals surface area contributed by atoms with Crippen LogP contribution in [0.3, 0.4) is 0 Å². The molecule has 0 unspecified atom stereocenters. The molecule has 0 saturated carbocycles. The van der Waals surface area contributed by atoms with Gasteiger partial charge < -0.3 is 0 Å². The van der Waals surface area contributed by atoms with Crippen molar-refractivity contribution in [3.8, 4) is 0 Å². The number of unbranched alkanes of at least 4 members (excludes halogenated alkanes) is 2. The summed E-state index contributed by atoms with van der Waals surface area (Å²) in [6, 6.07) is 8.91. The monoisotopic (exact) mass is 281 g/mol. The van der Waals surface area contributed by atoms with Gasteiger partial charge in [-0.3, -0.25) is 4.99 Å². The van der Waals surface area contributed by atoms with E-state index in [0.717, 1.165) is 6.54 Å². The van der Waals surface area contributed by atoms with Crippen molar-refractivity contribution in [3.63, 3.8) is 0 Å². The number of hydrogen-bond donors (Lipinski definition) is 0. The molecular formula is C19H25N2+. The van der Waals surface area contributed by atoms with Crippen LogP contribution in [0, 0.1) is 0 Å². The van der Waals surface area contributed by atoms with E-state index in [-0.39, 0.29) is 5.41 Å². The third-order valence-electron chi connectivity index (χ3n) is 4.89. The summed E-state index contributed by atoms with van der Waals surface area (Å²) in [5.41, 5.74) is 5.12. The number of hydrogen-bond acceptors (Lipinski definition) is 1. The highest BCUT2D eigenvalue weighted by Gasteiger charge is 2.34. The van der Waals surface area contributed by atoms with Crippen molar-refractivity contribution in [1.82, 2.24) is 0 Å². The summed E-state index contributed by atoms with van der Waals surface area (Å²) in [4.78, 5) is 4.87. The Kier molecular flexibility index (Phi) is 3.56. The molecule has 1 aliphatic rings. The van der Waals surface area contributed by atoms with E-state index in [1.807, 2.05) is 0 Å². The number of aliphatic imine (C=N–C) groups is 1. The van der Waals surface area contributed by atoms with Crippen molar-refractivity contribution in [3.05, 3.63) is 36.0 Å². The van der Waals surface area contributed by atoms with Crippen LogP contribution >= 0.6 is 0 Å². The predicted molar refractivity (Wildman–Crippen MR) is 89.5 cm³/mol. The van der Waals surface area contributed by atoms with E-state index in [1.54, 1.807) is 0 Å². The van der Waals surface area contributed by atoms with Crippen LogP contribution in [-0.4, -0.2) is 5.71 Å². The molecule has 21 heavy (non-hydrogen) atoms. The first kappa shape index (κ1) is 14.2. The number of nitrogens with zero attached hydrogens (tertiary/aromatic N) is 2. The van der Waals surface area contributed by atoms with Crippen molar-refractivity contribution in [2.24, 2.45) is 4.99 Å². The van der Waals surface area contributed by atoms with Crippen molar-refractivity contribution in [2.45, 2.75) is 58.9 Å². The Morgan fingerprint density at radius 1 is 1.14 bits per heavy atom. The topological polar surface area (TPSA) is 16.2 Å². The second-order valence-electron chi connectivity index (χ2n) is 6.63. The maximum absolute atomic E-state index is 4.87. The lowest BCUT2D eigenvalue weighted by Gasteiger charge is -2.19. The normalized spacial score (nSPS) is 16.1. The molecule has 1 aromatic heterocycles. The van der Waals surface area contributed by atoms with Gasteiger partial charge in [-0.05, 0) is 31.0 Å². The minimum absolute atomic E-state index is 0.0619. The molecule has 0 amide bonds. The fraction of sp³-hybridized carbons (Fsp3) is 0.474. The van der Waals surface area contributed by atoms with Gasteiger partial charge in [-0.1, -0.05) is 27.2 Å². The minimum Gasteiger partial charge on any atom is -0.256 e. The third kappa shape index (κ3) is 2.27. The standard InChI is InChI=1S/C19H25N2/c1-5-6-7-12-21-13-8-9-15-17(21)11-10-16-18(15)20-14(2)19(16,3)4/h8-11,13H,5-7,12H2,1-4H3/q+1. The van der Waals surface area contributed by atoms with Crippen LogP contribution in [0.1, 0.15) is 52.5 Å². The number of aromatic nitrogens is 1. The SMILES string of the molecule is CCCCC[n+]1cccc2c3c(ccc21)C(C)(C)C(C)=N3. The van der Waals surface area contributed by atoms with E-state index in [4.69, 9.17) is 4.99 Å².